The van der Waals surface area contributed by atoms with Crippen LogP contribution in [0.4, 0.5) is 0 Å². The highest BCUT2D eigenvalue weighted by molar-refractivity contribution is 6.16. The number of ether oxygens (including phenoxy) is 4. The van der Waals surface area contributed by atoms with E-state index in [-0.39, 0.29) is 23.2 Å². The van der Waals surface area contributed by atoms with E-state index in [4.69, 9.17) is 18.9 Å². The zero-order valence-corrected chi connectivity index (χ0v) is 16.6. The van der Waals surface area contributed by atoms with Crippen molar-refractivity contribution < 1.29 is 28.5 Å². The van der Waals surface area contributed by atoms with Crippen LogP contribution in [0.15, 0.2) is 35.0 Å². The molecule has 7 nitrogen and oxygen atoms in total. The van der Waals surface area contributed by atoms with Gasteiger partial charge in [-0.3, -0.25) is 4.79 Å². The SMILES string of the molecule is COC(=O)C1=C(C)N(C[C@@H]2CCCO2)C(=O)/C1=C\c1ccc(OC)cc1OC. The Balaban J connectivity index is 2.01. The van der Waals surface area contributed by atoms with Gasteiger partial charge in [0, 0.05) is 23.9 Å². The third-order valence-electron chi connectivity index (χ3n) is 5.05. The molecule has 2 aliphatic heterocycles. The zero-order chi connectivity index (χ0) is 20.3. The Bertz CT molecular complexity index is 835. The first-order valence-electron chi connectivity index (χ1n) is 9.17. The first-order valence-corrected chi connectivity index (χ1v) is 9.17. The third-order valence-corrected chi connectivity index (χ3v) is 5.05. The molecule has 0 N–H and O–H groups in total. The molecule has 0 spiro atoms. The second-order valence-corrected chi connectivity index (χ2v) is 6.67. The van der Waals surface area contributed by atoms with Gasteiger partial charge in [-0.2, -0.15) is 0 Å². The van der Waals surface area contributed by atoms with Gasteiger partial charge in [-0.15, -0.1) is 0 Å². The van der Waals surface area contributed by atoms with Crippen molar-refractivity contribution >= 4 is 18.0 Å². The molecular weight excluding hydrogens is 362 g/mol. The number of nitrogens with zero attached hydrogens (tertiary/aromatic N) is 1. The highest BCUT2D eigenvalue weighted by atomic mass is 16.5. The van der Waals surface area contributed by atoms with Crippen molar-refractivity contribution in [1.82, 2.24) is 4.90 Å². The van der Waals surface area contributed by atoms with Crippen LogP contribution in [0.2, 0.25) is 0 Å². The largest absolute Gasteiger partial charge is 0.497 e. The fourth-order valence-electron chi connectivity index (χ4n) is 3.53. The van der Waals surface area contributed by atoms with E-state index in [1.165, 1.54) is 7.11 Å². The van der Waals surface area contributed by atoms with Crippen LogP contribution in [0.5, 0.6) is 11.5 Å². The minimum absolute atomic E-state index is 0.0207. The lowest BCUT2D eigenvalue weighted by molar-refractivity contribution is -0.136. The van der Waals surface area contributed by atoms with E-state index in [1.54, 1.807) is 50.3 Å². The number of carbonyl (C=O) groups is 2. The second kappa shape index (κ2) is 8.48. The first-order chi connectivity index (χ1) is 13.5. The van der Waals surface area contributed by atoms with Gasteiger partial charge in [-0.1, -0.05) is 0 Å². The number of esters is 1. The van der Waals surface area contributed by atoms with Crippen LogP contribution < -0.4 is 9.47 Å². The maximum atomic E-state index is 13.1. The summed E-state index contributed by atoms with van der Waals surface area (Å²) in [6.45, 7) is 2.87. The molecule has 1 aromatic rings. The van der Waals surface area contributed by atoms with Crippen LogP contribution in [0.3, 0.4) is 0 Å². The predicted molar refractivity (Wildman–Crippen MR) is 103 cm³/mol. The number of amides is 1. The number of benzene rings is 1. The molecular formula is C21H25NO6. The molecule has 1 atom stereocenters. The second-order valence-electron chi connectivity index (χ2n) is 6.67. The van der Waals surface area contributed by atoms with Crippen molar-refractivity contribution in [2.24, 2.45) is 0 Å². The van der Waals surface area contributed by atoms with Crippen LogP contribution in [0, 0.1) is 0 Å². The molecule has 0 saturated carbocycles. The summed E-state index contributed by atoms with van der Waals surface area (Å²) in [5.41, 5.74) is 1.79. The summed E-state index contributed by atoms with van der Waals surface area (Å²) in [6, 6.07) is 5.28. The summed E-state index contributed by atoms with van der Waals surface area (Å²) in [7, 11) is 4.42. The average molecular weight is 387 g/mol. The Hall–Kier alpha value is -2.80. The van der Waals surface area contributed by atoms with Crippen LogP contribution >= 0.6 is 0 Å². The Morgan fingerprint density at radius 1 is 1.29 bits per heavy atom. The molecule has 2 heterocycles. The number of hydrogen-bond donors (Lipinski definition) is 0. The smallest absolute Gasteiger partial charge is 0.340 e. The molecule has 150 valence electrons. The van der Waals surface area contributed by atoms with Gasteiger partial charge < -0.3 is 23.8 Å². The summed E-state index contributed by atoms with van der Waals surface area (Å²) in [5, 5.41) is 0. The molecule has 1 amide bonds. The van der Waals surface area contributed by atoms with Crippen molar-refractivity contribution in [3.8, 4) is 11.5 Å². The fraction of sp³-hybridized carbons (Fsp3) is 0.429. The molecule has 1 saturated heterocycles. The summed E-state index contributed by atoms with van der Waals surface area (Å²) in [5.74, 6) is 0.390. The van der Waals surface area contributed by atoms with Gasteiger partial charge in [0.2, 0.25) is 0 Å². The van der Waals surface area contributed by atoms with Gasteiger partial charge in [0.05, 0.1) is 45.1 Å². The lowest BCUT2D eigenvalue weighted by Crippen LogP contribution is -2.33. The normalized spacial score (nSPS) is 20.9. The monoisotopic (exact) mass is 387 g/mol. The maximum Gasteiger partial charge on any atom is 0.340 e. The quantitative estimate of drug-likeness (QED) is 0.552. The van der Waals surface area contributed by atoms with E-state index in [2.05, 4.69) is 0 Å². The molecule has 3 rings (SSSR count). The molecule has 0 radical (unpaired) electrons. The van der Waals surface area contributed by atoms with Crippen molar-refractivity contribution in [2.45, 2.75) is 25.9 Å². The Kier molecular flexibility index (Phi) is 6.04. The number of methoxy groups -OCH3 is 3. The summed E-state index contributed by atoms with van der Waals surface area (Å²) < 4.78 is 21.2. The summed E-state index contributed by atoms with van der Waals surface area (Å²) in [4.78, 5) is 27.2. The van der Waals surface area contributed by atoms with Gasteiger partial charge in [0.15, 0.2) is 0 Å². The fourth-order valence-corrected chi connectivity index (χ4v) is 3.53. The van der Waals surface area contributed by atoms with Crippen LogP contribution in [-0.2, 0) is 19.1 Å². The lowest BCUT2D eigenvalue weighted by atomic mass is 10.0. The zero-order valence-electron chi connectivity index (χ0n) is 16.6. The van der Waals surface area contributed by atoms with Gasteiger partial charge >= 0.3 is 5.97 Å². The summed E-state index contributed by atoms with van der Waals surface area (Å²) in [6.07, 6.45) is 3.51. The van der Waals surface area contributed by atoms with Gasteiger partial charge in [-0.05, 0) is 38.0 Å². The highest BCUT2D eigenvalue weighted by Gasteiger charge is 2.38. The van der Waals surface area contributed by atoms with Crippen LogP contribution in [0.25, 0.3) is 6.08 Å². The van der Waals surface area contributed by atoms with E-state index in [0.717, 1.165) is 12.8 Å². The summed E-state index contributed by atoms with van der Waals surface area (Å²) >= 11 is 0. The Morgan fingerprint density at radius 2 is 2.07 bits per heavy atom. The average Bonchev–Trinajstić information content (AvgIpc) is 3.30. The highest BCUT2D eigenvalue weighted by Crippen LogP contribution is 2.35. The third kappa shape index (κ3) is 3.75. The van der Waals surface area contributed by atoms with E-state index in [0.29, 0.717) is 35.9 Å². The molecule has 0 aromatic heterocycles. The van der Waals surface area contributed by atoms with Gasteiger partial charge in [0.1, 0.15) is 11.5 Å². The standard InChI is InChI=1S/C21H25NO6/c1-13-19(21(24)27-4)17(20(23)22(13)12-16-6-5-9-28-16)10-14-7-8-15(25-2)11-18(14)26-3/h7-8,10-11,16H,5-6,9,12H2,1-4H3/b17-10-/t16-/m0/s1. The topological polar surface area (TPSA) is 74.3 Å². The van der Waals surface area contributed by atoms with E-state index < -0.39 is 5.97 Å². The number of rotatable bonds is 6. The maximum absolute atomic E-state index is 13.1. The van der Waals surface area contributed by atoms with Crippen LogP contribution in [0.1, 0.15) is 25.3 Å². The number of carbonyl (C=O) groups excluding carboxylic acids is 2. The minimum atomic E-state index is -0.542. The van der Waals surface area contributed by atoms with Gasteiger partial charge in [-0.25, -0.2) is 4.79 Å². The van der Waals surface area contributed by atoms with Crippen LogP contribution in [-0.4, -0.2) is 57.4 Å². The van der Waals surface area contributed by atoms with Crippen molar-refractivity contribution in [1.29, 1.82) is 0 Å². The predicted octanol–water partition coefficient (Wildman–Crippen LogP) is 2.56. The molecule has 0 bridgehead atoms. The molecule has 1 aromatic carbocycles. The first kappa shape index (κ1) is 19.9. The van der Waals surface area contributed by atoms with Crippen molar-refractivity contribution in [3.63, 3.8) is 0 Å². The van der Waals surface area contributed by atoms with Gasteiger partial charge in [0.25, 0.3) is 5.91 Å². The van der Waals surface area contributed by atoms with Crippen molar-refractivity contribution in [2.75, 3.05) is 34.5 Å². The van der Waals surface area contributed by atoms with E-state index in [9.17, 15) is 9.59 Å². The van der Waals surface area contributed by atoms with Crippen molar-refractivity contribution in [3.05, 3.63) is 40.6 Å². The van der Waals surface area contributed by atoms with E-state index >= 15 is 0 Å². The number of hydrogen-bond acceptors (Lipinski definition) is 6. The molecule has 28 heavy (non-hydrogen) atoms. The molecule has 0 unspecified atom stereocenters. The minimum Gasteiger partial charge on any atom is -0.497 e. The Labute approximate surface area is 164 Å². The molecule has 7 heteroatoms. The number of allylic oxidation sites excluding steroid dienone is 1. The molecule has 0 aliphatic carbocycles. The lowest BCUT2D eigenvalue weighted by Gasteiger charge is -2.21. The Morgan fingerprint density at radius 3 is 2.68 bits per heavy atom. The van der Waals surface area contributed by atoms with E-state index in [1.807, 2.05) is 0 Å². The molecule has 2 aliphatic rings. The molecule has 1 fully saturated rings.